The predicted octanol–water partition coefficient (Wildman–Crippen LogP) is 1.58. The Kier molecular flexibility index (Phi) is 4.83. The number of hydrogen-bond donors (Lipinski definition) is 0. The quantitative estimate of drug-likeness (QED) is 0.828. The van der Waals surface area contributed by atoms with E-state index in [2.05, 4.69) is 0 Å². The molecule has 0 unspecified atom stereocenters. The van der Waals surface area contributed by atoms with Gasteiger partial charge in [0.15, 0.2) is 0 Å². The molecular weight excluding hydrogens is 328 g/mol. The molecule has 0 aliphatic carbocycles. The molecule has 0 saturated carbocycles. The number of fused-ring (bicyclic) bond motifs is 1. The predicted molar refractivity (Wildman–Crippen MR) is 91.6 cm³/mol. The first-order chi connectivity index (χ1) is 11.5. The summed E-state index contributed by atoms with van der Waals surface area (Å²) in [5.41, 5.74) is 0.583. The fourth-order valence-corrected chi connectivity index (χ4v) is 6.00. The van der Waals surface area contributed by atoms with Gasteiger partial charge in [0.05, 0.1) is 12.4 Å². The third kappa shape index (κ3) is 3.02. The fourth-order valence-electron chi connectivity index (χ4n) is 3.75. The highest BCUT2D eigenvalue weighted by atomic mass is 32.2. The molecule has 132 valence electrons. The SMILES string of the molecule is CCN1C[C@H]2CCN(C(=O)c3cccc(OC)c3)CC[C@H]2S1(=O)=O. The molecule has 0 N–H and O–H groups in total. The summed E-state index contributed by atoms with van der Waals surface area (Å²) >= 11 is 0. The molecule has 2 aliphatic rings. The Morgan fingerprint density at radius 3 is 2.75 bits per heavy atom. The zero-order valence-electron chi connectivity index (χ0n) is 14.1. The molecule has 24 heavy (non-hydrogen) atoms. The van der Waals surface area contributed by atoms with Gasteiger partial charge in [-0.25, -0.2) is 12.7 Å². The van der Waals surface area contributed by atoms with Crippen LogP contribution in [-0.4, -0.2) is 62.1 Å². The summed E-state index contributed by atoms with van der Waals surface area (Å²) in [4.78, 5) is 14.5. The number of amides is 1. The first-order valence-electron chi connectivity index (χ1n) is 8.39. The van der Waals surface area contributed by atoms with Gasteiger partial charge in [-0.3, -0.25) is 4.79 Å². The Labute approximate surface area is 143 Å². The Bertz CT molecular complexity index is 719. The molecule has 2 atom stereocenters. The number of likely N-dealkylation sites (tertiary alicyclic amines) is 1. The summed E-state index contributed by atoms with van der Waals surface area (Å²) < 4.78 is 31.9. The molecule has 1 aromatic carbocycles. The average Bonchev–Trinajstić information content (AvgIpc) is 2.74. The van der Waals surface area contributed by atoms with Crippen LogP contribution in [0.5, 0.6) is 5.75 Å². The number of nitrogens with zero attached hydrogens (tertiary/aromatic N) is 2. The van der Waals surface area contributed by atoms with Crippen LogP contribution in [0.1, 0.15) is 30.1 Å². The van der Waals surface area contributed by atoms with Crippen molar-refractivity contribution in [1.82, 2.24) is 9.21 Å². The maximum atomic E-state index is 12.7. The van der Waals surface area contributed by atoms with Crippen molar-refractivity contribution in [2.45, 2.75) is 25.0 Å². The third-order valence-corrected chi connectivity index (χ3v) is 7.63. The Morgan fingerprint density at radius 1 is 1.29 bits per heavy atom. The number of benzene rings is 1. The summed E-state index contributed by atoms with van der Waals surface area (Å²) in [5.74, 6) is 0.713. The second-order valence-corrected chi connectivity index (χ2v) is 8.55. The number of sulfonamides is 1. The minimum atomic E-state index is -3.21. The lowest BCUT2D eigenvalue weighted by atomic mass is 10.0. The van der Waals surface area contributed by atoms with Crippen molar-refractivity contribution in [2.75, 3.05) is 33.3 Å². The van der Waals surface area contributed by atoms with Crippen molar-refractivity contribution in [2.24, 2.45) is 5.92 Å². The van der Waals surface area contributed by atoms with Gasteiger partial charge in [0.1, 0.15) is 5.75 Å². The van der Waals surface area contributed by atoms with E-state index in [9.17, 15) is 13.2 Å². The minimum absolute atomic E-state index is 0.0568. The smallest absolute Gasteiger partial charge is 0.253 e. The van der Waals surface area contributed by atoms with Gasteiger partial charge < -0.3 is 9.64 Å². The van der Waals surface area contributed by atoms with E-state index in [1.54, 1.807) is 40.6 Å². The molecule has 6 nitrogen and oxygen atoms in total. The number of hydrogen-bond acceptors (Lipinski definition) is 4. The Morgan fingerprint density at radius 2 is 2.04 bits per heavy atom. The standard InChI is InChI=1S/C17H24N2O4S/c1-3-19-12-14-7-9-18(10-8-16(14)24(19,21)22)17(20)13-5-4-6-15(11-13)23-2/h4-6,11,14,16H,3,7-10,12H2,1-2H3/t14-,16-/m1/s1. The first-order valence-corrected chi connectivity index (χ1v) is 9.90. The molecule has 2 aliphatic heterocycles. The van der Waals surface area contributed by atoms with E-state index in [0.29, 0.717) is 43.9 Å². The molecule has 1 aromatic rings. The van der Waals surface area contributed by atoms with Crippen molar-refractivity contribution in [3.63, 3.8) is 0 Å². The van der Waals surface area contributed by atoms with Crippen molar-refractivity contribution in [1.29, 1.82) is 0 Å². The summed E-state index contributed by atoms with van der Waals surface area (Å²) in [6.07, 6.45) is 1.25. The van der Waals surface area contributed by atoms with Gasteiger partial charge in [-0.1, -0.05) is 13.0 Å². The van der Waals surface area contributed by atoms with E-state index in [-0.39, 0.29) is 17.1 Å². The van der Waals surface area contributed by atoms with Crippen LogP contribution in [-0.2, 0) is 10.0 Å². The molecule has 7 heteroatoms. The normalized spacial score (nSPS) is 26.7. The number of rotatable bonds is 3. The number of methoxy groups -OCH3 is 1. The van der Waals surface area contributed by atoms with Gasteiger partial charge in [-0.2, -0.15) is 0 Å². The molecule has 0 bridgehead atoms. The minimum Gasteiger partial charge on any atom is -0.497 e. The van der Waals surface area contributed by atoms with Gasteiger partial charge in [0, 0.05) is 31.7 Å². The molecule has 2 fully saturated rings. The zero-order chi connectivity index (χ0) is 17.3. The summed E-state index contributed by atoms with van der Waals surface area (Å²) in [7, 11) is -1.64. The van der Waals surface area contributed by atoms with Crippen LogP contribution < -0.4 is 4.74 Å². The van der Waals surface area contributed by atoms with Crippen LogP contribution in [0.15, 0.2) is 24.3 Å². The highest BCUT2D eigenvalue weighted by Crippen LogP contribution is 2.34. The summed E-state index contributed by atoms with van der Waals surface area (Å²) in [5, 5.41) is -0.347. The van der Waals surface area contributed by atoms with Crippen molar-refractivity contribution < 1.29 is 17.9 Å². The topological polar surface area (TPSA) is 66.9 Å². The lowest BCUT2D eigenvalue weighted by Gasteiger charge is -2.22. The van der Waals surface area contributed by atoms with Crippen LogP contribution in [0.4, 0.5) is 0 Å². The van der Waals surface area contributed by atoms with E-state index in [1.165, 1.54) is 0 Å². The van der Waals surface area contributed by atoms with Crippen LogP contribution in [0.3, 0.4) is 0 Å². The second kappa shape index (κ2) is 6.72. The molecule has 3 rings (SSSR count). The van der Waals surface area contributed by atoms with Crippen LogP contribution in [0, 0.1) is 5.92 Å². The third-order valence-electron chi connectivity index (χ3n) is 5.12. The van der Waals surface area contributed by atoms with Gasteiger partial charge in [-0.05, 0) is 37.0 Å². The van der Waals surface area contributed by atoms with Crippen LogP contribution in [0.25, 0.3) is 0 Å². The van der Waals surface area contributed by atoms with Crippen molar-refractivity contribution in [3.05, 3.63) is 29.8 Å². The maximum Gasteiger partial charge on any atom is 0.253 e. The highest BCUT2D eigenvalue weighted by Gasteiger charge is 2.46. The van der Waals surface area contributed by atoms with Crippen LogP contribution >= 0.6 is 0 Å². The van der Waals surface area contributed by atoms with E-state index in [4.69, 9.17) is 4.74 Å². The summed E-state index contributed by atoms with van der Waals surface area (Å²) in [6.45, 7) is 4.08. The average molecular weight is 352 g/mol. The number of carbonyl (C=O) groups excluding carboxylic acids is 1. The van der Waals surface area contributed by atoms with E-state index >= 15 is 0 Å². The first kappa shape index (κ1) is 17.2. The fraction of sp³-hybridized carbons (Fsp3) is 0.588. The van der Waals surface area contributed by atoms with Gasteiger partial charge >= 0.3 is 0 Å². The molecule has 0 aromatic heterocycles. The Balaban J connectivity index is 1.74. The second-order valence-electron chi connectivity index (χ2n) is 6.40. The van der Waals surface area contributed by atoms with Gasteiger partial charge in [0.2, 0.25) is 10.0 Å². The van der Waals surface area contributed by atoms with Crippen molar-refractivity contribution >= 4 is 15.9 Å². The number of carbonyl (C=O) groups is 1. The molecule has 0 radical (unpaired) electrons. The maximum absolute atomic E-state index is 12.7. The molecule has 2 saturated heterocycles. The van der Waals surface area contributed by atoms with Gasteiger partial charge in [-0.15, -0.1) is 0 Å². The largest absolute Gasteiger partial charge is 0.497 e. The monoisotopic (exact) mass is 352 g/mol. The summed E-state index contributed by atoms with van der Waals surface area (Å²) in [6, 6.07) is 7.09. The van der Waals surface area contributed by atoms with E-state index in [0.717, 1.165) is 6.42 Å². The number of ether oxygens (including phenoxy) is 1. The van der Waals surface area contributed by atoms with Gasteiger partial charge in [0.25, 0.3) is 5.91 Å². The zero-order valence-corrected chi connectivity index (χ0v) is 15.0. The molecular formula is C17H24N2O4S. The van der Waals surface area contributed by atoms with Crippen molar-refractivity contribution in [3.8, 4) is 5.75 Å². The van der Waals surface area contributed by atoms with E-state index in [1.807, 2.05) is 6.92 Å². The Hall–Kier alpha value is -1.60. The lowest BCUT2D eigenvalue weighted by molar-refractivity contribution is 0.0758. The van der Waals surface area contributed by atoms with Crippen LogP contribution in [0.2, 0.25) is 0 Å². The van der Waals surface area contributed by atoms with E-state index < -0.39 is 10.0 Å². The highest BCUT2D eigenvalue weighted by molar-refractivity contribution is 7.90. The molecule has 1 amide bonds. The molecule has 2 heterocycles. The molecule has 0 spiro atoms. The lowest BCUT2D eigenvalue weighted by Crippen LogP contribution is -2.34.